The average molecular weight is 566 g/mol. The molecule has 2 aromatic rings. The van der Waals surface area contributed by atoms with E-state index < -0.39 is 0 Å². The predicted octanol–water partition coefficient (Wildman–Crippen LogP) is 4.12. The lowest BCUT2D eigenvalue weighted by Crippen LogP contribution is -2.52. The molecule has 1 unspecified atom stereocenters. The Morgan fingerprint density at radius 1 is 1.12 bits per heavy atom. The summed E-state index contributed by atoms with van der Waals surface area (Å²) in [4.78, 5) is 20.9. The van der Waals surface area contributed by atoms with E-state index in [4.69, 9.17) is 4.74 Å². The molecule has 180 valence electrons. The molecule has 8 heteroatoms. The fourth-order valence-electron chi connectivity index (χ4n) is 4.29. The van der Waals surface area contributed by atoms with Gasteiger partial charge < -0.3 is 20.3 Å². The van der Waals surface area contributed by atoms with E-state index in [1.54, 1.807) is 7.11 Å². The minimum absolute atomic E-state index is 0. The number of amides is 1. The minimum Gasteiger partial charge on any atom is -0.495 e. The number of hydrogen-bond acceptors (Lipinski definition) is 4. The van der Waals surface area contributed by atoms with Gasteiger partial charge in [-0.3, -0.25) is 14.7 Å². The second-order valence-corrected chi connectivity index (χ2v) is 7.97. The zero-order valence-corrected chi connectivity index (χ0v) is 22.3. The molecule has 0 saturated carbocycles. The number of piperazine rings is 1. The van der Waals surface area contributed by atoms with E-state index in [1.807, 2.05) is 25.2 Å². The molecule has 2 aromatic carbocycles. The van der Waals surface area contributed by atoms with E-state index in [2.05, 4.69) is 62.7 Å². The SMILES string of the molecule is CCC(c1ccccc1)N1CCN(C(=NC)NCc2ccc(OC)c(NC(C)=O)c2)CC1.I. The Kier molecular flexibility index (Phi) is 10.9. The first-order valence-electron chi connectivity index (χ1n) is 11.2. The highest BCUT2D eigenvalue weighted by Gasteiger charge is 2.25. The summed E-state index contributed by atoms with van der Waals surface area (Å²) in [6.07, 6.45) is 1.10. The van der Waals surface area contributed by atoms with Crippen LogP contribution in [-0.2, 0) is 11.3 Å². The fourth-order valence-corrected chi connectivity index (χ4v) is 4.29. The number of carbonyl (C=O) groups is 1. The molecule has 0 aromatic heterocycles. The Morgan fingerprint density at radius 2 is 1.82 bits per heavy atom. The van der Waals surface area contributed by atoms with Crippen LogP contribution >= 0.6 is 24.0 Å². The number of carbonyl (C=O) groups excluding carboxylic acids is 1. The molecule has 1 saturated heterocycles. The third-order valence-corrected chi connectivity index (χ3v) is 5.86. The van der Waals surface area contributed by atoms with Crippen LogP contribution in [0.2, 0.25) is 0 Å². The van der Waals surface area contributed by atoms with Crippen molar-refractivity contribution in [3.8, 4) is 5.75 Å². The first-order valence-corrected chi connectivity index (χ1v) is 11.2. The van der Waals surface area contributed by atoms with Gasteiger partial charge in [-0.25, -0.2) is 0 Å². The summed E-state index contributed by atoms with van der Waals surface area (Å²) in [5.41, 5.74) is 3.11. The van der Waals surface area contributed by atoms with Crippen molar-refractivity contribution in [1.29, 1.82) is 0 Å². The molecule has 0 spiro atoms. The second-order valence-electron chi connectivity index (χ2n) is 7.97. The van der Waals surface area contributed by atoms with Gasteiger partial charge in [-0.15, -0.1) is 24.0 Å². The number of nitrogens with zero attached hydrogens (tertiary/aromatic N) is 3. The number of hydrogen-bond donors (Lipinski definition) is 2. The van der Waals surface area contributed by atoms with E-state index in [9.17, 15) is 4.79 Å². The molecular weight excluding hydrogens is 529 g/mol. The highest BCUT2D eigenvalue weighted by atomic mass is 127. The van der Waals surface area contributed by atoms with Gasteiger partial charge in [0.05, 0.1) is 12.8 Å². The standard InChI is InChI=1S/C25H35N5O2.HI/c1-5-23(21-9-7-6-8-10-21)29-13-15-30(16-14-29)25(26-3)27-18-20-11-12-24(32-4)22(17-20)28-19(2)31;/h6-12,17,23H,5,13-16,18H2,1-4H3,(H,26,27)(H,28,31);1H. The van der Waals surface area contributed by atoms with Gasteiger partial charge in [0.1, 0.15) is 5.75 Å². The largest absolute Gasteiger partial charge is 0.495 e. The summed E-state index contributed by atoms with van der Waals surface area (Å²) in [5, 5.41) is 6.29. The lowest BCUT2D eigenvalue weighted by atomic mass is 10.0. The van der Waals surface area contributed by atoms with Gasteiger partial charge in [0, 0.05) is 52.7 Å². The van der Waals surface area contributed by atoms with Gasteiger partial charge >= 0.3 is 0 Å². The lowest BCUT2D eigenvalue weighted by molar-refractivity contribution is -0.114. The summed E-state index contributed by atoms with van der Waals surface area (Å²) in [6, 6.07) is 17.0. The summed E-state index contributed by atoms with van der Waals surface area (Å²) in [6.45, 7) is 8.24. The minimum atomic E-state index is -0.122. The number of nitrogens with one attached hydrogen (secondary N) is 2. The number of rotatable bonds is 7. The van der Waals surface area contributed by atoms with Crippen LogP contribution in [-0.4, -0.2) is 62.0 Å². The third-order valence-electron chi connectivity index (χ3n) is 5.86. The molecule has 33 heavy (non-hydrogen) atoms. The first-order chi connectivity index (χ1) is 15.5. The Labute approximate surface area is 214 Å². The summed E-state index contributed by atoms with van der Waals surface area (Å²) >= 11 is 0. The maximum atomic E-state index is 11.5. The molecule has 1 aliphatic heterocycles. The van der Waals surface area contributed by atoms with Crippen molar-refractivity contribution in [2.45, 2.75) is 32.9 Å². The third kappa shape index (κ3) is 7.33. The van der Waals surface area contributed by atoms with Crippen molar-refractivity contribution < 1.29 is 9.53 Å². The number of guanidine groups is 1. The molecule has 3 rings (SSSR count). The molecule has 0 bridgehead atoms. The molecule has 1 aliphatic rings. The fraction of sp³-hybridized carbons (Fsp3) is 0.440. The number of ether oxygens (including phenoxy) is 1. The Bertz CT molecular complexity index is 914. The maximum Gasteiger partial charge on any atom is 0.221 e. The van der Waals surface area contributed by atoms with Gasteiger partial charge in [0.15, 0.2) is 5.96 Å². The van der Waals surface area contributed by atoms with Gasteiger partial charge in [-0.05, 0) is 29.7 Å². The van der Waals surface area contributed by atoms with Crippen LogP contribution in [0.15, 0.2) is 53.5 Å². The van der Waals surface area contributed by atoms with Crippen molar-refractivity contribution in [2.24, 2.45) is 4.99 Å². The van der Waals surface area contributed by atoms with Crippen molar-refractivity contribution in [3.05, 3.63) is 59.7 Å². The van der Waals surface area contributed by atoms with E-state index in [-0.39, 0.29) is 29.9 Å². The van der Waals surface area contributed by atoms with Crippen LogP contribution in [0.1, 0.15) is 37.4 Å². The monoisotopic (exact) mass is 565 g/mol. The molecule has 7 nitrogen and oxygen atoms in total. The van der Waals surface area contributed by atoms with Crippen LogP contribution < -0.4 is 15.4 Å². The van der Waals surface area contributed by atoms with E-state index in [0.717, 1.165) is 44.1 Å². The number of benzene rings is 2. The first kappa shape index (κ1) is 26.9. The lowest BCUT2D eigenvalue weighted by Gasteiger charge is -2.40. The van der Waals surface area contributed by atoms with E-state index in [0.29, 0.717) is 24.0 Å². The molecule has 1 heterocycles. The number of halogens is 1. The number of methoxy groups -OCH3 is 1. The number of anilines is 1. The zero-order chi connectivity index (χ0) is 22.9. The summed E-state index contributed by atoms with van der Waals surface area (Å²) in [5.74, 6) is 1.42. The number of aliphatic imine (C=N–C) groups is 1. The highest BCUT2D eigenvalue weighted by molar-refractivity contribution is 14.0. The van der Waals surface area contributed by atoms with Gasteiger partial charge in [-0.2, -0.15) is 0 Å². The molecule has 2 N–H and O–H groups in total. The molecule has 1 atom stereocenters. The second kappa shape index (κ2) is 13.4. The van der Waals surface area contributed by atoms with Gasteiger partial charge in [0.25, 0.3) is 0 Å². The van der Waals surface area contributed by atoms with Crippen molar-refractivity contribution >= 4 is 41.5 Å². The highest BCUT2D eigenvalue weighted by Crippen LogP contribution is 2.26. The quantitative estimate of drug-likeness (QED) is 0.301. The molecule has 1 amide bonds. The van der Waals surface area contributed by atoms with Gasteiger partial charge in [-0.1, -0.05) is 43.3 Å². The van der Waals surface area contributed by atoms with Crippen molar-refractivity contribution in [3.63, 3.8) is 0 Å². The van der Waals surface area contributed by atoms with E-state index in [1.165, 1.54) is 12.5 Å². The van der Waals surface area contributed by atoms with E-state index >= 15 is 0 Å². The zero-order valence-electron chi connectivity index (χ0n) is 20.0. The Morgan fingerprint density at radius 3 is 2.39 bits per heavy atom. The maximum absolute atomic E-state index is 11.5. The van der Waals surface area contributed by atoms with Crippen LogP contribution in [0.3, 0.4) is 0 Å². The topological polar surface area (TPSA) is 69.2 Å². The van der Waals surface area contributed by atoms with Crippen molar-refractivity contribution in [1.82, 2.24) is 15.1 Å². The van der Waals surface area contributed by atoms with Crippen LogP contribution in [0.5, 0.6) is 5.75 Å². The van der Waals surface area contributed by atoms with Crippen LogP contribution in [0.25, 0.3) is 0 Å². The van der Waals surface area contributed by atoms with Crippen LogP contribution in [0.4, 0.5) is 5.69 Å². The Hall–Kier alpha value is -2.33. The summed E-state index contributed by atoms with van der Waals surface area (Å²) < 4.78 is 5.34. The normalized spacial score (nSPS) is 15.4. The predicted molar refractivity (Wildman–Crippen MR) is 146 cm³/mol. The van der Waals surface area contributed by atoms with Crippen LogP contribution in [0, 0.1) is 0 Å². The molecule has 0 radical (unpaired) electrons. The molecule has 0 aliphatic carbocycles. The summed E-state index contributed by atoms with van der Waals surface area (Å²) in [7, 11) is 3.42. The Balaban J connectivity index is 0.00000385. The van der Waals surface area contributed by atoms with Crippen molar-refractivity contribution in [2.75, 3.05) is 45.7 Å². The smallest absolute Gasteiger partial charge is 0.221 e. The average Bonchev–Trinajstić information content (AvgIpc) is 2.81. The van der Waals surface area contributed by atoms with Gasteiger partial charge in [0.2, 0.25) is 5.91 Å². The molecular formula is C25H36IN5O2. The molecule has 1 fully saturated rings.